The molecule has 124 valence electrons. The Hall–Kier alpha value is -2.56. The molecule has 0 bridgehead atoms. The van der Waals surface area contributed by atoms with Crippen molar-refractivity contribution < 1.29 is 4.79 Å². The van der Waals surface area contributed by atoms with Crippen LogP contribution in [0, 0.1) is 0 Å². The molecule has 1 amide bonds. The first-order valence-electron chi connectivity index (χ1n) is 8.60. The first-order chi connectivity index (χ1) is 11.8. The van der Waals surface area contributed by atoms with E-state index in [0.717, 1.165) is 36.7 Å². The molecule has 5 heteroatoms. The summed E-state index contributed by atoms with van der Waals surface area (Å²) in [6, 6.07) is 10.1. The van der Waals surface area contributed by atoms with E-state index >= 15 is 0 Å². The number of carbonyl (C=O) groups excluding carboxylic acids is 1. The third kappa shape index (κ3) is 2.50. The minimum Gasteiger partial charge on any atom is -0.353 e. The number of para-hydroxylation sites is 1. The summed E-state index contributed by atoms with van der Waals surface area (Å²) in [5.74, 6) is 0.0953. The van der Waals surface area contributed by atoms with Gasteiger partial charge < -0.3 is 9.47 Å². The average molecular weight is 322 g/mol. The van der Waals surface area contributed by atoms with Crippen molar-refractivity contribution in [1.29, 1.82) is 0 Å². The first kappa shape index (κ1) is 15.0. The van der Waals surface area contributed by atoms with E-state index in [1.807, 2.05) is 18.2 Å². The minimum atomic E-state index is 0.0953. The third-order valence-corrected chi connectivity index (χ3v) is 5.05. The summed E-state index contributed by atoms with van der Waals surface area (Å²) in [7, 11) is 2.05. The molecule has 2 aromatic heterocycles. The Morgan fingerprint density at radius 2 is 2.12 bits per heavy atom. The molecule has 1 aliphatic heterocycles. The van der Waals surface area contributed by atoms with Crippen LogP contribution in [0.4, 0.5) is 0 Å². The van der Waals surface area contributed by atoms with Crippen LogP contribution in [0.1, 0.15) is 47.8 Å². The predicted octanol–water partition coefficient (Wildman–Crippen LogP) is 3.66. The van der Waals surface area contributed by atoms with E-state index in [-0.39, 0.29) is 11.9 Å². The Bertz CT molecular complexity index is 863. The number of likely N-dealkylation sites (tertiary alicyclic amines) is 1. The van der Waals surface area contributed by atoms with Gasteiger partial charge in [-0.3, -0.25) is 9.89 Å². The summed E-state index contributed by atoms with van der Waals surface area (Å²) in [4.78, 5) is 15.4. The molecule has 1 unspecified atom stereocenters. The largest absolute Gasteiger partial charge is 0.353 e. The molecule has 1 saturated heterocycles. The number of H-pyrrole nitrogens is 1. The highest BCUT2D eigenvalue weighted by Gasteiger charge is 2.29. The molecule has 4 rings (SSSR count). The van der Waals surface area contributed by atoms with Crippen LogP contribution in [0.3, 0.4) is 0 Å². The molecule has 1 aromatic carbocycles. The van der Waals surface area contributed by atoms with E-state index in [9.17, 15) is 4.79 Å². The summed E-state index contributed by atoms with van der Waals surface area (Å²) in [5, 5.41) is 8.05. The Kier molecular flexibility index (Phi) is 3.84. The lowest BCUT2D eigenvalue weighted by molar-refractivity contribution is 0.0676. The zero-order chi connectivity index (χ0) is 16.5. The molecular formula is C19H22N4O. The van der Waals surface area contributed by atoms with Gasteiger partial charge in [-0.05, 0) is 31.0 Å². The SMILES string of the molecule is Cn1cccc1C1CCCCCN1C(=O)c1cccc2cn[nH]c12. The number of fused-ring (bicyclic) bond motifs is 1. The van der Waals surface area contributed by atoms with Crippen molar-refractivity contribution in [2.75, 3.05) is 6.54 Å². The van der Waals surface area contributed by atoms with E-state index < -0.39 is 0 Å². The number of aromatic nitrogens is 3. The van der Waals surface area contributed by atoms with Gasteiger partial charge in [0.15, 0.2) is 0 Å². The van der Waals surface area contributed by atoms with Crippen LogP contribution in [0.5, 0.6) is 0 Å². The van der Waals surface area contributed by atoms with E-state index in [4.69, 9.17) is 0 Å². The number of nitrogens with one attached hydrogen (secondary N) is 1. The minimum absolute atomic E-state index is 0.0953. The molecule has 0 spiro atoms. The molecule has 0 saturated carbocycles. The van der Waals surface area contributed by atoms with Gasteiger partial charge in [0, 0.05) is 30.9 Å². The van der Waals surface area contributed by atoms with Gasteiger partial charge in [0.1, 0.15) is 0 Å². The Morgan fingerprint density at radius 3 is 2.96 bits per heavy atom. The Balaban J connectivity index is 1.75. The standard InChI is InChI=1S/C19H22N4O/c1-22-11-6-10-16(22)17-9-3-2-4-12-23(17)19(24)15-8-5-7-14-13-20-21-18(14)15/h5-8,10-11,13,17H,2-4,9,12H2,1H3,(H,20,21). The molecule has 24 heavy (non-hydrogen) atoms. The van der Waals surface area contributed by atoms with Crippen LogP contribution >= 0.6 is 0 Å². The number of aromatic amines is 1. The van der Waals surface area contributed by atoms with Crippen molar-refractivity contribution in [2.24, 2.45) is 7.05 Å². The topological polar surface area (TPSA) is 53.9 Å². The number of amides is 1. The molecule has 3 heterocycles. The van der Waals surface area contributed by atoms with Gasteiger partial charge in [-0.25, -0.2) is 0 Å². The lowest BCUT2D eigenvalue weighted by atomic mass is 10.0. The van der Waals surface area contributed by atoms with Crippen molar-refractivity contribution in [2.45, 2.75) is 31.7 Å². The lowest BCUT2D eigenvalue weighted by Gasteiger charge is -2.31. The lowest BCUT2D eigenvalue weighted by Crippen LogP contribution is -2.35. The molecule has 0 radical (unpaired) electrons. The van der Waals surface area contributed by atoms with Crippen LogP contribution in [-0.4, -0.2) is 32.1 Å². The van der Waals surface area contributed by atoms with E-state index in [2.05, 4.69) is 45.0 Å². The van der Waals surface area contributed by atoms with Gasteiger partial charge in [-0.2, -0.15) is 5.10 Å². The van der Waals surface area contributed by atoms with Crippen molar-refractivity contribution in [3.8, 4) is 0 Å². The number of hydrogen-bond acceptors (Lipinski definition) is 2. The maximum atomic E-state index is 13.4. The zero-order valence-electron chi connectivity index (χ0n) is 13.9. The molecule has 1 aliphatic rings. The summed E-state index contributed by atoms with van der Waals surface area (Å²) >= 11 is 0. The summed E-state index contributed by atoms with van der Waals surface area (Å²) in [5.41, 5.74) is 2.76. The monoisotopic (exact) mass is 322 g/mol. The van der Waals surface area contributed by atoms with E-state index in [1.54, 1.807) is 6.20 Å². The molecule has 1 fully saturated rings. The van der Waals surface area contributed by atoms with Gasteiger partial charge in [-0.15, -0.1) is 0 Å². The maximum absolute atomic E-state index is 13.4. The second kappa shape index (κ2) is 6.15. The Labute approximate surface area is 141 Å². The quantitative estimate of drug-likeness (QED) is 0.783. The molecular weight excluding hydrogens is 300 g/mol. The fourth-order valence-electron chi connectivity index (χ4n) is 3.78. The summed E-state index contributed by atoms with van der Waals surface area (Å²) in [6.07, 6.45) is 8.24. The highest BCUT2D eigenvalue weighted by atomic mass is 16.2. The second-order valence-corrected chi connectivity index (χ2v) is 6.55. The molecule has 3 aromatic rings. The fraction of sp³-hybridized carbons (Fsp3) is 0.368. The molecule has 1 atom stereocenters. The number of rotatable bonds is 2. The van der Waals surface area contributed by atoms with Crippen LogP contribution in [0.15, 0.2) is 42.7 Å². The number of hydrogen-bond donors (Lipinski definition) is 1. The smallest absolute Gasteiger partial charge is 0.256 e. The van der Waals surface area contributed by atoms with Gasteiger partial charge in [-0.1, -0.05) is 25.0 Å². The highest BCUT2D eigenvalue weighted by Crippen LogP contribution is 2.32. The maximum Gasteiger partial charge on any atom is 0.256 e. The molecule has 0 aliphatic carbocycles. The number of carbonyl (C=O) groups is 1. The summed E-state index contributed by atoms with van der Waals surface area (Å²) in [6.45, 7) is 0.805. The van der Waals surface area contributed by atoms with Gasteiger partial charge in [0.05, 0.1) is 23.3 Å². The Morgan fingerprint density at radius 1 is 1.21 bits per heavy atom. The highest BCUT2D eigenvalue weighted by molar-refractivity contribution is 6.05. The summed E-state index contributed by atoms with van der Waals surface area (Å²) < 4.78 is 2.13. The third-order valence-electron chi connectivity index (χ3n) is 5.05. The number of aryl methyl sites for hydroxylation is 1. The predicted molar refractivity (Wildman–Crippen MR) is 93.8 cm³/mol. The van der Waals surface area contributed by atoms with Crippen LogP contribution in [-0.2, 0) is 7.05 Å². The van der Waals surface area contributed by atoms with Crippen molar-refractivity contribution in [1.82, 2.24) is 19.7 Å². The van der Waals surface area contributed by atoms with Crippen LogP contribution in [0.25, 0.3) is 10.9 Å². The van der Waals surface area contributed by atoms with Crippen molar-refractivity contribution in [3.05, 3.63) is 54.0 Å². The van der Waals surface area contributed by atoms with Crippen LogP contribution < -0.4 is 0 Å². The van der Waals surface area contributed by atoms with E-state index in [0.29, 0.717) is 5.56 Å². The first-order valence-corrected chi connectivity index (χ1v) is 8.60. The zero-order valence-corrected chi connectivity index (χ0v) is 13.9. The van der Waals surface area contributed by atoms with Crippen LogP contribution in [0.2, 0.25) is 0 Å². The number of benzene rings is 1. The van der Waals surface area contributed by atoms with Gasteiger partial charge in [0.2, 0.25) is 0 Å². The van der Waals surface area contributed by atoms with Crippen molar-refractivity contribution in [3.63, 3.8) is 0 Å². The fourth-order valence-corrected chi connectivity index (χ4v) is 3.78. The van der Waals surface area contributed by atoms with E-state index in [1.165, 1.54) is 12.1 Å². The molecule has 5 nitrogen and oxygen atoms in total. The normalized spacial score (nSPS) is 18.7. The molecule has 1 N–H and O–H groups in total. The second-order valence-electron chi connectivity index (χ2n) is 6.55. The van der Waals surface area contributed by atoms with Crippen molar-refractivity contribution >= 4 is 16.8 Å². The van der Waals surface area contributed by atoms with Gasteiger partial charge in [0.25, 0.3) is 5.91 Å². The van der Waals surface area contributed by atoms with Gasteiger partial charge >= 0.3 is 0 Å². The number of nitrogens with zero attached hydrogens (tertiary/aromatic N) is 3. The average Bonchev–Trinajstić information content (AvgIpc) is 3.17.